The Kier molecular flexibility index (Phi) is 5.47. The minimum Gasteiger partial charge on any atom is -0.449 e. The maximum Gasteiger partial charge on any atom is 0.416 e. The average molecular weight is 260 g/mol. The molecule has 0 heterocycles. The zero-order valence-electron chi connectivity index (χ0n) is 10.8. The molecule has 0 aliphatic rings. The van der Waals surface area contributed by atoms with Gasteiger partial charge < -0.3 is 4.74 Å². The van der Waals surface area contributed by atoms with Crippen LogP contribution in [0.15, 0.2) is 35.9 Å². The highest BCUT2D eigenvalue weighted by Gasteiger charge is 2.21. The number of amides is 2. The maximum atomic E-state index is 11.9. The van der Waals surface area contributed by atoms with Gasteiger partial charge >= 0.3 is 6.09 Å². The summed E-state index contributed by atoms with van der Waals surface area (Å²) >= 11 is 0. The molecular weight excluding hydrogens is 246 g/mol. The Balaban J connectivity index is 2.91. The highest BCUT2D eigenvalue weighted by Crippen LogP contribution is 2.08. The summed E-state index contributed by atoms with van der Waals surface area (Å²) in [6, 6.07) is 8.82. The highest BCUT2D eigenvalue weighted by molar-refractivity contribution is 6.17. The first-order valence-corrected chi connectivity index (χ1v) is 5.69. The molecule has 99 valence electrons. The first kappa shape index (κ1) is 14.6. The molecule has 0 unspecified atom stereocenters. The first-order valence-electron chi connectivity index (χ1n) is 5.69. The van der Waals surface area contributed by atoms with E-state index < -0.39 is 12.0 Å². The molecule has 1 rings (SSSR count). The lowest BCUT2D eigenvalue weighted by Gasteiger charge is -2.14. The van der Waals surface area contributed by atoms with Crippen LogP contribution in [0.3, 0.4) is 0 Å². The Morgan fingerprint density at radius 1 is 1.32 bits per heavy atom. The Bertz CT molecular complexity index is 493. The van der Waals surface area contributed by atoms with Crippen LogP contribution in [0.5, 0.6) is 0 Å². The van der Waals surface area contributed by atoms with Gasteiger partial charge in [0.05, 0.1) is 12.2 Å². The van der Waals surface area contributed by atoms with Crippen LogP contribution in [0.1, 0.15) is 12.5 Å². The predicted molar refractivity (Wildman–Crippen MR) is 69.9 cm³/mol. The Morgan fingerprint density at radius 2 is 1.95 bits per heavy atom. The summed E-state index contributed by atoms with van der Waals surface area (Å²) < 4.78 is 4.68. The molecule has 0 fully saturated rings. The van der Waals surface area contributed by atoms with Crippen molar-refractivity contribution in [2.24, 2.45) is 0 Å². The summed E-state index contributed by atoms with van der Waals surface area (Å²) in [6.07, 6.45) is 2.10. The van der Waals surface area contributed by atoms with Crippen LogP contribution in [-0.2, 0) is 14.3 Å². The minimum absolute atomic E-state index is 0.152. The lowest BCUT2D eigenvalue weighted by molar-refractivity contribution is -0.123. The summed E-state index contributed by atoms with van der Waals surface area (Å²) in [7, 11) is 1.25. The van der Waals surface area contributed by atoms with Gasteiger partial charge in [-0.15, -0.1) is 0 Å². The topological polar surface area (TPSA) is 63.7 Å². The van der Waals surface area contributed by atoms with E-state index in [1.54, 1.807) is 37.5 Å². The van der Waals surface area contributed by atoms with E-state index in [2.05, 4.69) is 4.74 Å². The third-order valence-corrected chi connectivity index (χ3v) is 2.30. The van der Waals surface area contributed by atoms with Crippen LogP contribution in [-0.4, -0.2) is 36.8 Å². The molecule has 0 aliphatic carbocycles. The number of carbonyl (C=O) groups excluding carboxylic acids is 3. The first-order chi connectivity index (χ1) is 9.10. The van der Waals surface area contributed by atoms with Gasteiger partial charge in [0, 0.05) is 7.05 Å². The third kappa shape index (κ3) is 4.06. The van der Waals surface area contributed by atoms with Crippen molar-refractivity contribution in [2.75, 3.05) is 13.7 Å². The Hall–Kier alpha value is -2.43. The molecule has 0 aliphatic heterocycles. The van der Waals surface area contributed by atoms with Gasteiger partial charge in [-0.1, -0.05) is 30.3 Å². The molecule has 1 aromatic rings. The van der Waals surface area contributed by atoms with Crippen molar-refractivity contribution in [3.63, 3.8) is 0 Å². The number of likely N-dealkylation sites (N-methyl/N-ethyl adjacent to an activating group) is 1. The van der Waals surface area contributed by atoms with Crippen molar-refractivity contribution in [2.45, 2.75) is 6.92 Å². The van der Waals surface area contributed by atoms with Crippen LogP contribution < -0.4 is 0 Å². The van der Waals surface area contributed by atoms with Gasteiger partial charge in [-0.05, 0) is 18.6 Å². The molecule has 19 heavy (non-hydrogen) atoms. The number of nitrogens with zero attached hydrogens (tertiary/aromatic N) is 1. The number of imide groups is 1. The largest absolute Gasteiger partial charge is 0.449 e. The van der Waals surface area contributed by atoms with E-state index in [1.807, 2.05) is 6.07 Å². The van der Waals surface area contributed by atoms with E-state index in [0.29, 0.717) is 5.56 Å². The van der Waals surface area contributed by atoms with E-state index >= 15 is 0 Å². The number of ether oxygens (including phenoxy) is 1. The van der Waals surface area contributed by atoms with Crippen molar-refractivity contribution < 1.29 is 19.1 Å². The number of hydrogen-bond acceptors (Lipinski definition) is 4. The fraction of sp³-hybridized carbons (Fsp3) is 0.214. The molecule has 0 saturated carbocycles. The molecule has 0 saturated heterocycles. The molecule has 0 bridgehead atoms. The molecule has 0 aromatic heterocycles. The molecule has 0 spiro atoms. The van der Waals surface area contributed by atoms with E-state index in [1.165, 1.54) is 13.1 Å². The van der Waals surface area contributed by atoms with Crippen molar-refractivity contribution in [1.82, 2.24) is 4.90 Å². The molecular formula is C14H14NO4. The van der Waals surface area contributed by atoms with Crippen molar-refractivity contribution in [1.29, 1.82) is 0 Å². The molecule has 5 nitrogen and oxygen atoms in total. The normalized spacial score (nSPS) is 10.7. The summed E-state index contributed by atoms with van der Waals surface area (Å²) in [4.78, 5) is 34.9. The van der Waals surface area contributed by atoms with Gasteiger partial charge in [-0.25, -0.2) is 9.69 Å². The molecule has 2 amide bonds. The number of carbonyl (C=O) groups is 2. The molecule has 1 radical (unpaired) electrons. The second-order valence-corrected chi connectivity index (χ2v) is 3.63. The number of hydrogen-bond donors (Lipinski definition) is 0. The van der Waals surface area contributed by atoms with Crippen LogP contribution in [0.25, 0.3) is 6.08 Å². The highest BCUT2D eigenvalue weighted by atomic mass is 16.6. The van der Waals surface area contributed by atoms with E-state index in [-0.39, 0.29) is 12.2 Å². The minimum atomic E-state index is -0.804. The molecule has 0 atom stereocenters. The fourth-order valence-corrected chi connectivity index (χ4v) is 1.33. The van der Waals surface area contributed by atoms with Gasteiger partial charge in [0.1, 0.15) is 0 Å². The smallest absolute Gasteiger partial charge is 0.416 e. The van der Waals surface area contributed by atoms with Gasteiger partial charge in [-0.2, -0.15) is 0 Å². The Labute approximate surface area is 111 Å². The number of rotatable bonds is 4. The van der Waals surface area contributed by atoms with Crippen LogP contribution in [0.2, 0.25) is 0 Å². The Morgan fingerprint density at radius 3 is 2.47 bits per heavy atom. The van der Waals surface area contributed by atoms with Crippen LogP contribution in [0.4, 0.5) is 4.79 Å². The lowest BCUT2D eigenvalue weighted by Crippen LogP contribution is -2.35. The van der Waals surface area contributed by atoms with E-state index in [0.717, 1.165) is 4.90 Å². The van der Waals surface area contributed by atoms with E-state index in [4.69, 9.17) is 0 Å². The van der Waals surface area contributed by atoms with E-state index in [9.17, 15) is 14.4 Å². The average Bonchev–Trinajstić information content (AvgIpc) is 2.44. The number of benzene rings is 1. The predicted octanol–water partition coefficient (Wildman–Crippen LogP) is 1.79. The summed E-state index contributed by atoms with van der Waals surface area (Å²) in [5.74, 6) is -0.752. The quantitative estimate of drug-likeness (QED) is 0.470. The maximum absolute atomic E-state index is 11.9. The fourth-order valence-electron chi connectivity index (χ4n) is 1.33. The summed E-state index contributed by atoms with van der Waals surface area (Å²) in [5.41, 5.74) is 0.438. The van der Waals surface area contributed by atoms with Crippen molar-refractivity contribution in [3.05, 3.63) is 41.5 Å². The third-order valence-electron chi connectivity index (χ3n) is 2.30. The molecule has 0 N–H and O–H groups in total. The second kappa shape index (κ2) is 7.10. The second-order valence-electron chi connectivity index (χ2n) is 3.63. The van der Waals surface area contributed by atoms with Crippen molar-refractivity contribution >= 4 is 24.4 Å². The van der Waals surface area contributed by atoms with Crippen molar-refractivity contribution in [3.8, 4) is 0 Å². The van der Waals surface area contributed by atoms with Gasteiger partial charge in [0.2, 0.25) is 6.29 Å². The SMILES string of the molecule is CCOC(=O)N(C)C(=O)C([C]=O)=Cc1ccccc1. The summed E-state index contributed by atoms with van der Waals surface area (Å²) in [5, 5.41) is 0. The monoisotopic (exact) mass is 260 g/mol. The van der Waals surface area contributed by atoms with Gasteiger partial charge in [-0.3, -0.25) is 9.59 Å². The molecule has 5 heteroatoms. The van der Waals surface area contributed by atoms with Gasteiger partial charge in [0.25, 0.3) is 5.91 Å². The van der Waals surface area contributed by atoms with Crippen LogP contribution >= 0.6 is 0 Å². The summed E-state index contributed by atoms with van der Waals surface area (Å²) in [6.45, 7) is 1.78. The van der Waals surface area contributed by atoms with Crippen LogP contribution in [0, 0.1) is 0 Å². The zero-order valence-corrected chi connectivity index (χ0v) is 10.8. The standard InChI is InChI=1S/C14H14NO4/c1-3-19-14(18)15(2)13(17)12(10-16)9-11-7-5-4-6-8-11/h4-9H,3H2,1-2H3. The molecule has 1 aromatic carbocycles. The lowest BCUT2D eigenvalue weighted by atomic mass is 10.1. The van der Waals surface area contributed by atoms with Gasteiger partial charge in [0.15, 0.2) is 0 Å². The zero-order chi connectivity index (χ0) is 14.3.